The summed E-state index contributed by atoms with van der Waals surface area (Å²) in [5, 5.41) is 1.59. The molecule has 2 aliphatic rings. The summed E-state index contributed by atoms with van der Waals surface area (Å²) in [6.45, 7) is 1.10. The Hall–Kier alpha value is -1.08. The highest BCUT2D eigenvalue weighted by Gasteiger charge is 2.41. The van der Waals surface area contributed by atoms with E-state index in [2.05, 4.69) is 0 Å². The van der Waals surface area contributed by atoms with E-state index in [1.54, 1.807) is 29.3 Å². The van der Waals surface area contributed by atoms with Gasteiger partial charge in [0, 0.05) is 0 Å². The Labute approximate surface area is 103 Å². The zero-order chi connectivity index (χ0) is 11.7. The van der Waals surface area contributed by atoms with Gasteiger partial charge in [-0.15, -0.1) is 5.06 Å². The van der Waals surface area contributed by atoms with Gasteiger partial charge in [-0.2, -0.15) is 0 Å². The summed E-state index contributed by atoms with van der Waals surface area (Å²) in [7, 11) is 0. The van der Waals surface area contributed by atoms with Gasteiger partial charge in [-0.3, -0.25) is 8.37 Å². The number of carbonyl (C=O) groups excluding carboxylic acids is 1. The van der Waals surface area contributed by atoms with Crippen LogP contribution in [0.1, 0.15) is 10.4 Å². The molecule has 0 amide bonds. The van der Waals surface area contributed by atoms with Gasteiger partial charge in [-0.1, -0.05) is 18.2 Å². The average Bonchev–Trinajstić information content (AvgIpc) is 2.90. The number of hydroxylamine groups is 2. The van der Waals surface area contributed by atoms with Crippen molar-refractivity contribution < 1.29 is 18.0 Å². The molecule has 0 aromatic heterocycles. The molecule has 1 aromatic rings. The van der Waals surface area contributed by atoms with Gasteiger partial charge in [0.05, 0.1) is 18.7 Å². The van der Waals surface area contributed by atoms with Crippen LogP contribution in [0, 0.1) is 0 Å². The predicted molar refractivity (Wildman–Crippen MR) is 60.8 cm³/mol. The van der Waals surface area contributed by atoms with E-state index in [-0.39, 0.29) is 18.2 Å². The summed E-state index contributed by atoms with van der Waals surface area (Å²) in [5.41, 5.74) is 0.542. The summed E-state index contributed by atoms with van der Waals surface area (Å²) in [6, 6.07) is 8.91. The Kier molecular flexibility index (Phi) is 3.02. The molecule has 0 spiro atoms. The van der Waals surface area contributed by atoms with Crippen LogP contribution in [0.2, 0.25) is 0 Å². The van der Waals surface area contributed by atoms with Crippen LogP contribution in [0.15, 0.2) is 30.3 Å². The Morgan fingerprint density at radius 2 is 1.88 bits per heavy atom. The highest BCUT2D eigenvalue weighted by molar-refractivity contribution is 7.90. The van der Waals surface area contributed by atoms with Crippen molar-refractivity contribution >= 4 is 18.3 Å². The second-order valence-corrected chi connectivity index (χ2v) is 4.45. The van der Waals surface area contributed by atoms with Gasteiger partial charge in [-0.25, -0.2) is 4.79 Å². The molecule has 90 valence electrons. The highest BCUT2D eigenvalue weighted by atomic mass is 32.2. The molecule has 1 aromatic carbocycles. The molecule has 0 saturated carbocycles. The molecule has 0 bridgehead atoms. The summed E-state index contributed by atoms with van der Waals surface area (Å²) >= 11 is 1.02. The first-order valence-corrected chi connectivity index (χ1v) is 6.01. The van der Waals surface area contributed by atoms with E-state index in [0.29, 0.717) is 18.7 Å². The highest BCUT2D eigenvalue weighted by Crippen LogP contribution is 2.31. The third-order valence-electron chi connectivity index (χ3n) is 2.73. The topological polar surface area (TPSA) is 48.0 Å². The lowest BCUT2D eigenvalue weighted by atomic mass is 10.2. The van der Waals surface area contributed by atoms with Crippen LogP contribution in [-0.2, 0) is 13.2 Å². The van der Waals surface area contributed by atoms with Gasteiger partial charge in [0.2, 0.25) is 0 Å². The van der Waals surface area contributed by atoms with Gasteiger partial charge in [0.1, 0.15) is 12.2 Å². The van der Waals surface area contributed by atoms with E-state index >= 15 is 0 Å². The van der Waals surface area contributed by atoms with Gasteiger partial charge in [-0.05, 0) is 12.1 Å². The monoisotopic (exact) mass is 253 g/mol. The van der Waals surface area contributed by atoms with Gasteiger partial charge in [0.25, 0.3) is 0 Å². The number of hydrogen-bond acceptors (Lipinski definition) is 6. The maximum Gasteiger partial charge on any atom is 0.357 e. The number of fused-ring (bicyclic) bond motifs is 1. The third-order valence-corrected chi connectivity index (χ3v) is 3.38. The van der Waals surface area contributed by atoms with Crippen LogP contribution >= 0.6 is 12.3 Å². The molecule has 17 heavy (non-hydrogen) atoms. The van der Waals surface area contributed by atoms with Crippen molar-refractivity contribution in [2.45, 2.75) is 12.2 Å². The van der Waals surface area contributed by atoms with Crippen molar-refractivity contribution in [3.8, 4) is 0 Å². The molecule has 5 nitrogen and oxygen atoms in total. The van der Waals surface area contributed by atoms with Crippen LogP contribution in [0.25, 0.3) is 0 Å². The molecule has 6 heteroatoms. The van der Waals surface area contributed by atoms with Crippen molar-refractivity contribution in [3.63, 3.8) is 0 Å². The van der Waals surface area contributed by atoms with Crippen molar-refractivity contribution in [3.05, 3.63) is 35.9 Å². The molecule has 2 aliphatic heterocycles. The first-order chi connectivity index (χ1) is 8.33. The average molecular weight is 253 g/mol. The van der Waals surface area contributed by atoms with Crippen LogP contribution in [0.3, 0.4) is 0 Å². The minimum absolute atomic E-state index is 0.0106. The molecular formula is C11H11NO4S. The molecule has 0 N–H and O–H groups in total. The van der Waals surface area contributed by atoms with E-state index in [9.17, 15) is 4.79 Å². The van der Waals surface area contributed by atoms with Gasteiger partial charge < -0.3 is 4.84 Å². The van der Waals surface area contributed by atoms with E-state index in [1.165, 1.54) is 0 Å². The number of benzene rings is 1. The second kappa shape index (κ2) is 4.66. The molecule has 3 rings (SSSR count). The smallest absolute Gasteiger partial charge is 0.357 e. The zero-order valence-electron chi connectivity index (χ0n) is 8.94. The Morgan fingerprint density at radius 3 is 2.53 bits per heavy atom. The zero-order valence-corrected chi connectivity index (χ0v) is 9.76. The van der Waals surface area contributed by atoms with Crippen molar-refractivity contribution in [2.24, 2.45) is 0 Å². The minimum Gasteiger partial charge on any atom is -0.364 e. The van der Waals surface area contributed by atoms with Crippen LogP contribution in [0.4, 0.5) is 0 Å². The minimum atomic E-state index is -0.349. The third kappa shape index (κ3) is 2.30. The summed E-state index contributed by atoms with van der Waals surface area (Å²) in [5.74, 6) is -0.349. The lowest BCUT2D eigenvalue weighted by Gasteiger charge is -2.15. The fourth-order valence-electron chi connectivity index (χ4n) is 1.84. The molecule has 2 fully saturated rings. The van der Waals surface area contributed by atoms with Gasteiger partial charge in [0.15, 0.2) is 12.3 Å². The van der Waals surface area contributed by atoms with E-state index in [4.69, 9.17) is 13.2 Å². The van der Waals surface area contributed by atoms with Crippen LogP contribution in [0.5, 0.6) is 0 Å². The summed E-state index contributed by atoms with van der Waals surface area (Å²) < 4.78 is 10.5. The first-order valence-electron chi connectivity index (χ1n) is 5.34. The maximum absolute atomic E-state index is 11.8. The standard InChI is InChI=1S/C11H11NO4S/c13-11(8-4-2-1-3-5-8)14-12-6-9-10(7-12)16-17-15-9/h1-5,9-10H,6-7H2. The molecule has 2 atom stereocenters. The largest absolute Gasteiger partial charge is 0.364 e. The van der Waals surface area contributed by atoms with E-state index in [0.717, 1.165) is 12.3 Å². The van der Waals surface area contributed by atoms with Crippen molar-refractivity contribution in [1.82, 2.24) is 5.06 Å². The molecule has 2 heterocycles. The fraction of sp³-hybridized carbons (Fsp3) is 0.364. The fourth-order valence-corrected chi connectivity index (χ4v) is 2.45. The number of nitrogens with zero attached hydrogens (tertiary/aromatic N) is 1. The lowest BCUT2D eigenvalue weighted by molar-refractivity contribution is -0.100. The molecular weight excluding hydrogens is 242 g/mol. The molecule has 2 saturated heterocycles. The Balaban J connectivity index is 1.60. The van der Waals surface area contributed by atoms with E-state index in [1.807, 2.05) is 6.07 Å². The van der Waals surface area contributed by atoms with Crippen LogP contribution in [-0.4, -0.2) is 36.3 Å². The Morgan fingerprint density at radius 1 is 1.24 bits per heavy atom. The van der Waals surface area contributed by atoms with Crippen LogP contribution < -0.4 is 0 Å². The molecule has 0 radical (unpaired) electrons. The van der Waals surface area contributed by atoms with E-state index < -0.39 is 0 Å². The van der Waals surface area contributed by atoms with Gasteiger partial charge >= 0.3 is 5.97 Å². The number of rotatable bonds is 2. The first kappa shape index (κ1) is 11.0. The number of carbonyl (C=O) groups is 1. The lowest BCUT2D eigenvalue weighted by Crippen LogP contribution is -2.26. The van der Waals surface area contributed by atoms with Crippen molar-refractivity contribution in [2.75, 3.05) is 13.1 Å². The van der Waals surface area contributed by atoms with Crippen molar-refractivity contribution in [1.29, 1.82) is 0 Å². The maximum atomic E-state index is 11.8. The normalized spacial score (nSPS) is 28.0. The molecule has 0 aliphatic carbocycles. The summed E-state index contributed by atoms with van der Waals surface area (Å²) in [4.78, 5) is 17.0. The second-order valence-electron chi connectivity index (χ2n) is 3.93. The SMILES string of the molecule is O=C(ON1CC2OSOC2C1)c1ccccc1. The summed E-state index contributed by atoms with van der Waals surface area (Å²) in [6.07, 6.45) is -0.0212. The Bertz CT molecular complexity index is 401. The number of hydrogen-bond donors (Lipinski definition) is 0. The quantitative estimate of drug-likeness (QED) is 0.743. The molecule has 2 unspecified atom stereocenters. The predicted octanol–water partition coefficient (Wildman–Crippen LogP) is 1.42.